The van der Waals surface area contributed by atoms with Gasteiger partial charge >= 0.3 is 0 Å². The van der Waals surface area contributed by atoms with Crippen molar-refractivity contribution in [2.75, 3.05) is 0 Å². The maximum atomic E-state index is 5.43. The van der Waals surface area contributed by atoms with Crippen molar-refractivity contribution in [1.82, 2.24) is 15.0 Å². The highest BCUT2D eigenvalue weighted by molar-refractivity contribution is 9.10. The van der Waals surface area contributed by atoms with Crippen molar-refractivity contribution in [2.24, 2.45) is 5.73 Å². The van der Waals surface area contributed by atoms with Gasteiger partial charge < -0.3 is 10.7 Å². The number of aromatic nitrogens is 3. The van der Waals surface area contributed by atoms with Gasteiger partial charge in [-0.25, -0.2) is 4.98 Å². The molecule has 0 amide bonds. The third-order valence-corrected chi connectivity index (χ3v) is 2.17. The zero-order valence-electron chi connectivity index (χ0n) is 6.21. The maximum Gasteiger partial charge on any atom is 0.121 e. The summed E-state index contributed by atoms with van der Waals surface area (Å²) in [5.74, 6) is 0.777. The van der Waals surface area contributed by atoms with Crippen LogP contribution in [0.2, 0.25) is 0 Å². The number of fused-ring (bicyclic) bond motifs is 1. The lowest BCUT2D eigenvalue weighted by Crippen LogP contribution is -1.97. The summed E-state index contributed by atoms with van der Waals surface area (Å²) in [6, 6.07) is 0. The molecule has 2 aromatic heterocycles. The smallest absolute Gasteiger partial charge is 0.121 e. The molecule has 4 nitrogen and oxygen atoms in total. The molecule has 5 heteroatoms. The molecule has 2 heterocycles. The highest BCUT2D eigenvalue weighted by atomic mass is 79.9. The quantitative estimate of drug-likeness (QED) is 0.768. The molecule has 0 radical (unpaired) electrons. The Bertz CT molecular complexity index is 409. The number of nitrogens with one attached hydrogen (secondary N) is 1. The predicted molar refractivity (Wildman–Crippen MR) is 49.5 cm³/mol. The van der Waals surface area contributed by atoms with E-state index in [0.717, 1.165) is 21.3 Å². The lowest BCUT2D eigenvalue weighted by Gasteiger charge is -1.87. The average molecular weight is 227 g/mol. The molecule has 0 fully saturated rings. The minimum absolute atomic E-state index is 0.418. The first kappa shape index (κ1) is 7.70. The first-order valence-electron chi connectivity index (χ1n) is 3.49. The van der Waals surface area contributed by atoms with Gasteiger partial charge in [-0.2, -0.15) is 0 Å². The van der Waals surface area contributed by atoms with Gasteiger partial charge in [0.05, 0.1) is 22.7 Å². The first-order valence-corrected chi connectivity index (χ1v) is 4.28. The van der Waals surface area contributed by atoms with E-state index in [0.29, 0.717) is 6.54 Å². The Morgan fingerprint density at radius 3 is 3.00 bits per heavy atom. The summed E-state index contributed by atoms with van der Waals surface area (Å²) in [7, 11) is 0. The third-order valence-electron chi connectivity index (χ3n) is 1.59. The van der Waals surface area contributed by atoms with Crippen molar-refractivity contribution in [3.8, 4) is 0 Å². The second-order valence-corrected chi connectivity index (χ2v) is 3.26. The lowest BCUT2D eigenvalue weighted by atomic mass is 10.4. The van der Waals surface area contributed by atoms with Gasteiger partial charge in [0.25, 0.3) is 0 Å². The Balaban J connectivity index is 2.74. The number of halogens is 1. The molecule has 12 heavy (non-hydrogen) atoms. The molecule has 0 atom stereocenters. The van der Waals surface area contributed by atoms with Gasteiger partial charge in [0.2, 0.25) is 0 Å². The number of H-pyrrole nitrogens is 1. The molecule has 62 valence electrons. The van der Waals surface area contributed by atoms with Crippen LogP contribution in [0.1, 0.15) is 5.82 Å². The molecule has 2 rings (SSSR count). The number of nitrogens with zero attached hydrogens (tertiary/aromatic N) is 2. The number of pyridine rings is 1. The molecular weight excluding hydrogens is 220 g/mol. The predicted octanol–water partition coefficient (Wildman–Crippen LogP) is 1.18. The summed E-state index contributed by atoms with van der Waals surface area (Å²) < 4.78 is 0.885. The largest absolute Gasteiger partial charge is 0.340 e. The van der Waals surface area contributed by atoms with Crippen molar-refractivity contribution >= 4 is 27.0 Å². The van der Waals surface area contributed by atoms with E-state index in [1.807, 2.05) is 0 Å². The number of nitrogens with two attached hydrogens (primary N) is 1. The highest BCUT2D eigenvalue weighted by Crippen LogP contribution is 2.19. The van der Waals surface area contributed by atoms with Crippen LogP contribution in [0, 0.1) is 0 Å². The van der Waals surface area contributed by atoms with Crippen LogP contribution in [0.15, 0.2) is 16.9 Å². The highest BCUT2D eigenvalue weighted by Gasteiger charge is 2.03. The Morgan fingerprint density at radius 2 is 2.33 bits per heavy atom. The van der Waals surface area contributed by atoms with Crippen molar-refractivity contribution in [3.05, 3.63) is 22.7 Å². The van der Waals surface area contributed by atoms with Crippen molar-refractivity contribution in [3.63, 3.8) is 0 Å². The van der Waals surface area contributed by atoms with Crippen LogP contribution >= 0.6 is 15.9 Å². The Morgan fingerprint density at radius 1 is 1.50 bits per heavy atom. The number of rotatable bonds is 1. The minimum atomic E-state index is 0.418. The molecule has 0 saturated carbocycles. The van der Waals surface area contributed by atoms with Gasteiger partial charge in [-0.15, -0.1) is 0 Å². The Kier molecular flexibility index (Phi) is 1.82. The number of hydrogen-bond acceptors (Lipinski definition) is 3. The van der Waals surface area contributed by atoms with Gasteiger partial charge in [-0.1, -0.05) is 0 Å². The number of aromatic amines is 1. The van der Waals surface area contributed by atoms with Gasteiger partial charge in [0.15, 0.2) is 0 Å². The topological polar surface area (TPSA) is 67.6 Å². The number of hydrogen-bond donors (Lipinski definition) is 2. The summed E-state index contributed by atoms with van der Waals surface area (Å²) in [5, 5.41) is 0. The standard InChI is InChI=1S/C7H7BrN4/c8-4-2-10-3-5-7(4)12-6(1-9)11-5/h2-3H,1,9H2,(H,11,12). The fraction of sp³-hybridized carbons (Fsp3) is 0.143. The molecule has 0 spiro atoms. The van der Waals surface area contributed by atoms with E-state index >= 15 is 0 Å². The van der Waals surface area contributed by atoms with E-state index in [4.69, 9.17) is 5.73 Å². The van der Waals surface area contributed by atoms with Gasteiger partial charge in [-0.05, 0) is 15.9 Å². The summed E-state index contributed by atoms with van der Waals surface area (Å²) in [4.78, 5) is 11.3. The molecule has 0 saturated heterocycles. The third kappa shape index (κ3) is 1.11. The van der Waals surface area contributed by atoms with E-state index in [9.17, 15) is 0 Å². The van der Waals surface area contributed by atoms with E-state index in [1.54, 1.807) is 12.4 Å². The fourth-order valence-electron chi connectivity index (χ4n) is 1.05. The summed E-state index contributed by atoms with van der Waals surface area (Å²) in [6.07, 6.45) is 3.44. The molecule has 0 unspecified atom stereocenters. The van der Waals surface area contributed by atoms with Crippen LogP contribution in [0.3, 0.4) is 0 Å². The van der Waals surface area contributed by atoms with Crippen LogP contribution in [0.4, 0.5) is 0 Å². The van der Waals surface area contributed by atoms with Gasteiger partial charge in [0.1, 0.15) is 11.3 Å². The lowest BCUT2D eigenvalue weighted by molar-refractivity contribution is 0.958. The second kappa shape index (κ2) is 2.84. The summed E-state index contributed by atoms with van der Waals surface area (Å²) >= 11 is 3.35. The van der Waals surface area contributed by atoms with Gasteiger partial charge in [-0.3, -0.25) is 4.98 Å². The molecular formula is C7H7BrN4. The Hall–Kier alpha value is -0.940. The monoisotopic (exact) mass is 226 g/mol. The van der Waals surface area contributed by atoms with Crippen LogP contribution in [0.25, 0.3) is 11.0 Å². The number of imidazole rings is 1. The molecule has 3 N–H and O–H groups in total. The second-order valence-electron chi connectivity index (χ2n) is 2.41. The van der Waals surface area contributed by atoms with E-state index < -0.39 is 0 Å². The molecule has 0 aliphatic carbocycles. The van der Waals surface area contributed by atoms with Crippen molar-refractivity contribution in [2.45, 2.75) is 6.54 Å². The van der Waals surface area contributed by atoms with E-state index in [1.165, 1.54) is 0 Å². The zero-order chi connectivity index (χ0) is 8.55. The normalized spacial score (nSPS) is 10.8. The summed E-state index contributed by atoms with van der Waals surface area (Å²) in [6.45, 7) is 0.418. The minimum Gasteiger partial charge on any atom is -0.340 e. The SMILES string of the molecule is NCc1nc2c(Br)cncc2[nH]1. The molecule has 2 aromatic rings. The van der Waals surface area contributed by atoms with E-state index in [-0.39, 0.29) is 0 Å². The van der Waals surface area contributed by atoms with Crippen LogP contribution in [-0.4, -0.2) is 15.0 Å². The average Bonchev–Trinajstić information content (AvgIpc) is 2.49. The Labute approximate surface area is 77.3 Å². The molecule has 0 aliphatic rings. The van der Waals surface area contributed by atoms with Crippen LogP contribution in [0.5, 0.6) is 0 Å². The van der Waals surface area contributed by atoms with Gasteiger partial charge in [0, 0.05) is 6.20 Å². The molecule has 0 bridgehead atoms. The first-order chi connectivity index (χ1) is 5.81. The maximum absolute atomic E-state index is 5.43. The van der Waals surface area contributed by atoms with Crippen LogP contribution < -0.4 is 5.73 Å². The van der Waals surface area contributed by atoms with Crippen LogP contribution in [-0.2, 0) is 6.54 Å². The zero-order valence-corrected chi connectivity index (χ0v) is 7.80. The fourth-order valence-corrected chi connectivity index (χ4v) is 1.47. The molecule has 0 aromatic carbocycles. The van der Waals surface area contributed by atoms with Crippen molar-refractivity contribution < 1.29 is 0 Å². The van der Waals surface area contributed by atoms with E-state index in [2.05, 4.69) is 30.9 Å². The summed E-state index contributed by atoms with van der Waals surface area (Å²) in [5.41, 5.74) is 7.22. The molecule has 0 aliphatic heterocycles. The van der Waals surface area contributed by atoms with Crippen molar-refractivity contribution in [1.29, 1.82) is 0 Å².